The van der Waals surface area contributed by atoms with Gasteiger partial charge in [0.25, 0.3) is 5.69 Å². The molecule has 1 atom stereocenters. The lowest BCUT2D eigenvalue weighted by Gasteiger charge is -2.57. The highest BCUT2D eigenvalue weighted by atomic mass is 16.6. The molecule has 7 nitrogen and oxygen atoms in total. The molecule has 1 aromatic carbocycles. The lowest BCUT2D eigenvalue weighted by Crippen LogP contribution is -2.52. The van der Waals surface area contributed by atoms with Gasteiger partial charge in [0.05, 0.1) is 23.8 Å². The molecule has 152 valence electrons. The van der Waals surface area contributed by atoms with Crippen molar-refractivity contribution in [2.75, 3.05) is 19.0 Å². The first-order chi connectivity index (χ1) is 13.4. The zero-order valence-corrected chi connectivity index (χ0v) is 16.6. The van der Waals surface area contributed by atoms with Gasteiger partial charge in [0, 0.05) is 18.7 Å². The number of nitro groups is 1. The first-order valence-electron chi connectivity index (χ1n) is 10.2. The number of amides is 1. The van der Waals surface area contributed by atoms with Crippen molar-refractivity contribution in [1.82, 2.24) is 5.32 Å². The Morgan fingerprint density at radius 2 is 1.86 bits per heavy atom. The van der Waals surface area contributed by atoms with E-state index < -0.39 is 4.92 Å². The van der Waals surface area contributed by atoms with Crippen molar-refractivity contribution in [3.8, 4) is 5.75 Å². The Morgan fingerprint density at radius 1 is 1.25 bits per heavy atom. The fraction of sp³-hybridized carbons (Fsp3) is 0.667. The first kappa shape index (κ1) is 19.2. The number of nitro benzene ring substituents is 1. The number of rotatable bonds is 7. The second-order valence-corrected chi connectivity index (χ2v) is 9.15. The van der Waals surface area contributed by atoms with Crippen LogP contribution in [0.3, 0.4) is 0 Å². The summed E-state index contributed by atoms with van der Waals surface area (Å²) in [6.45, 7) is 2.72. The Morgan fingerprint density at radius 3 is 2.39 bits per heavy atom. The van der Waals surface area contributed by atoms with E-state index in [9.17, 15) is 14.9 Å². The summed E-state index contributed by atoms with van der Waals surface area (Å²) in [6, 6.07) is 3.82. The monoisotopic (exact) mass is 387 g/mol. The van der Waals surface area contributed by atoms with E-state index in [1.165, 1.54) is 63.8 Å². The Bertz CT molecular complexity index is 744. The van der Waals surface area contributed by atoms with Gasteiger partial charge in [0.1, 0.15) is 5.75 Å². The molecule has 28 heavy (non-hydrogen) atoms. The average molecular weight is 387 g/mol. The highest BCUT2D eigenvalue weighted by Gasteiger charge is 2.50. The summed E-state index contributed by atoms with van der Waals surface area (Å²) < 4.78 is 5.23. The molecule has 1 amide bonds. The molecule has 0 saturated heterocycles. The lowest BCUT2D eigenvalue weighted by molar-refractivity contribution is -0.384. The third kappa shape index (κ3) is 3.72. The quantitative estimate of drug-likeness (QED) is 0.549. The molecule has 0 aliphatic heterocycles. The van der Waals surface area contributed by atoms with Gasteiger partial charge in [-0.3, -0.25) is 14.9 Å². The number of ether oxygens (including phenoxy) is 1. The summed E-state index contributed by atoms with van der Waals surface area (Å²) >= 11 is 0. The number of anilines is 1. The zero-order chi connectivity index (χ0) is 19.9. The van der Waals surface area contributed by atoms with Crippen LogP contribution in [0.1, 0.15) is 45.4 Å². The van der Waals surface area contributed by atoms with E-state index in [1.54, 1.807) is 0 Å². The normalized spacial score (nSPS) is 31.4. The van der Waals surface area contributed by atoms with Crippen LogP contribution in [-0.4, -0.2) is 30.5 Å². The van der Waals surface area contributed by atoms with Crippen molar-refractivity contribution < 1.29 is 14.5 Å². The van der Waals surface area contributed by atoms with E-state index in [0.29, 0.717) is 16.9 Å². The van der Waals surface area contributed by atoms with Crippen molar-refractivity contribution in [3.63, 3.8) is 0 Å². The van der Waals surface area contributed by atoms with Crippen LogP contribution in [0.25, 0.3) is 0 Å². The smallest absolute Gasteiger partial charge is 0.271 e. The lowest BCUT2D eigenvalue weighted by atomic mass is 9.49. The predicted octanol–water partition coefficient (Wildman–Crippen LogP) is 3.74. The summed E-state index contributed by atoms with van der Waals surface area (Å²) in [5, 5.41) is 17.3. The molecule has 1 aromatic rings. The van der Waals surface area contributed by atoms with Crippen LogP contribution in [0, 0.1) is 33.3 Å². The number of methoxy groups -OCH3 is 1. The topological polar surface area (TPSA) is 93.5 Å². The first-order valence-corrected chi connectivity index (χ1v) is 10.2. The van der Waals surface area contributed by atoms with Crippen LogP contribution in [0.4, 0.5) is 11.4 Å². The van der Waals surface area contributed by atoms with E-state index in [4.69, 9.17) is 4.74 Å². The summed E-state index contributed by atoms with van der Waals surface area (Å²) in [4.78, 5) is 23.2. The van der Waals surface area contributed by atoms with Crippen molar-refractivity contribution in [2.24, 2.45) is 23.2 Å². The molecular weight excluding hydrogens is 358 g/mol. The minimum absolute atomic E-state index is 0.0784. The van der Waals surface area contributed by atoms with Crippen LogP contribution >= 0.6 is 0 Å². The number of nitrogens with zero attached hydrogens (tertiary/aromatic N) is 1. The maximum atomic E-state index is 12.7. The Hall–Kier alpha value is -2.15. The van der Waals surface area contributed by atoms with Crippen LogP contribution in [0.5, 0.6) is 5.75 Å². The minimum Gasteiger partial charge on any atom is -0.495 e. The van der Waals surface area contributed by atoms with E-state index in [1.807, 2.05) is 6.92 Å². The van der Waals surface area contributed by atoms with Crippen molar-refractivity contribution in [1.29, 1.82) is 0 Å². The Kier molecular flexibility index (Phi) is 5.04. The van der Waals surface area contributed by atoms with E-state index in [0.717, 1.165) is 24.3 Å². The number of hydrogen-bond acceptors (Lipinski definition) is 5. The summed E-state index contributed by atoms with van der Waals surface area (Å²) in [5.74, 6) is 2.85. The number of carbonyl (C=O) groups excluding carboxylic acids is 1. The van der Waals surface area contributed by atoms with Crippen molar-refractivity contribution in [3.05, 3.63) is 28.3 Å². The van der Waals surface area contributed by atoms with E-state index in [2.05, 4.69) is 10.6 Å². The standard InChI is InChI=1S/C21H29N3O4/c1-13(20(25)23-18-8-17(24(26)27)3-4-19(18)28-2)22-12-21-9-14-5-15(10-21)7-16(6-14)11-21/h3-4,8,13-16,22H,5-7,9-12H2,1-2H3,(H,23,25)/t13-,14?,15?,16?,21?/m0/s1. The molecule has 4 bridgehead atoms. The number of benzene rings is 1. The summed E-state index contributed by atoms with van der Waals surface area (Å²) in [6.07, 6.45) is 8.09. The minimum atomic E-state index is -0.482. The number of hydrogen-bond donors (Lipinski definition) is 2. The third-order valence-electron chi connectivity index (χ3n) is 6.99. The van der Waals surface area contributed by atoms with Gasteiger partial charge in [-0.2, -0.15) is 0 Å². The molecule has 0 spiro atoms. The molecule has 4 saturated carbocycles. The summed E-state index contributed by atoms with van der Waals surface area (Å²) in [5.41, 5.74) is 0.599. The molecule has 4 aliphatic rings. The van der Waals surface area contributed by atoms with Crippen molar-refractivity contribution >= 4 is 17.3 Å². The van der Waals surface area contributed by atoms with Gasteiger partial charge in [-0.05, 0) is 74.7 Å². The molecule has 5 rings (SSSR count). The number of carbonyl (C=O) groups is 1. The second-order valence-electron chi connectivity index (χ2n) is 9.15. The average Bonchev–Trinajstić information content (AvgIpc) is 2.65. The zero-order valence-electron chi connectivity index (χ0n) is 16.6. The van der Waals surface area contributed by atoms with Crippen LogP contribution in [0.2, 0.25) is 0 Å². The van der Waals surface area contributed by atoms with Crippen LogP contribution < -0.4 is 15.4 Å². The summed E-state index contributed by atoms with van der Waals surface area (Å²) in [7, 11) is 1.48. The van der Waals surface area contributed by atoms with Gasteiger partial charge in [-0.15, -0.1) is 0 Å². The maximum Gasteiger partial charge on any atom is 0.271 e. The molecule has 0 unspecified atom stereocenters. The Labute approximate surface area is 165 Å². The maximum absolute atomic E-state index is 12.7. The molecule has 0 aromatic heterocycles. The molecule has 7 heteroatoms. The highest BCUT2D eigenvalue weighted by molar-refractivity contribution is 5.96. The molecular formula is C21H29N3O4. The molecule has 4 fully saturated rings. The van der Waals surface area contributed by atoms with Gasteiger partial charge in [-0.25, -0.2) is 0 Å². The molecule has 4 aliphatic carbocycles. The van der Waals surface area contributed by atoms with Gasteiger partial charge >= 0.3 is 0 Å². The van der Waals surface area contributed by atoms with Gasteiger partial charge in [0.2, 0.25) is 5.91 Å². The molecule has 0 radical (unpaired) electrons. The second kappa shape index (κ2) is 7.35. The largest absolute Gasteiger partial charge is 0.495 e. The fourth-order valence-corrected chi connectivity index (χ4v) is 6.12. The SMILES string of the molecule is COc1ccc([N+](=O)[O-])cc1NC(=O)[C@H](C)NCC12CC3CC(CC(C3)C1)C2. The van der Waals surface area contributed by atoms with Crippen molar-refractivity contribution in [2.45, 2.75) is 51.5 Å². The molecule has 0 heterocycles. The van der Waals surface area contributed by atoms with E-state index >= 15 is 0 Å². The number of non-ortho nitro benzene ring substituents is 1. The van der Waals surface area contributed by atoms with E-state index in [-0.39, 0.29) is 17.6 Å². The van der Waals surface area contributed by atoms with Gasteiger partial charge in [0.15, 0.2) is 0 Å². The fourth-order valence-electron chi connectivity index (χ4n) is 6.12. The Balaban J connectivity index is 1.38. The predicted molar refractivity (Wildman–Crippen MR) is 106 cm³/mol. The highest BCUT2D eigenvalue weighted by Crippen LogP contribution is 2.59. The molecule has 2 N–H and O–H groups in total. The van der Waals surface area contributed by atoms with Gasteiger partial charge < -0.3 is 15.4 Å². The van der Waals surface area contributed by atoms with Crippen LogP contribution in [-0.2, 0) is 4.79 Å². The third-order valence-corrected chi connectivity index (χ3v) is 6.99. The number of nitrogens with one attached hydrogen (secondary N) is 2. The van der Waals surface area contributed by atoms with Gasteiger partial charge in [-0.1, -0.05) is 0 Å². The van der Waals surface area contributed by atoms with Crippen LogP contribution in [0.15, 0.2) is 18.2 Å².